The molecule has 4 fully saturated rings. The maximum atomic E-state index is 13.9. The number of benzene rings is 2. The van der Waals surface area contributed by atoms with Crippen molar-refractivity contribution in [1.29, 1.82) is 0 Å². The lowest BCUT2D eigenvalue weighted by Gasteiger charge is -2.30. The highest BCUT2D eigenvalue weighted by Gasteiger charge is 2.56. The van der Waals surface area contributed by atoms with Crippen molar-refractivity contribution in [2.45, 2.75) is 84.5 Å². The third kappa shape index (κ3) is 9.48. The predicted molar refractivity (Wildman–Crippen MR) is 222 cm³/mol. The molecular weight excluding hydrogens is 841 g/mol. The second-order valence-corrected chi connectivity index (χ2v) is 16.7. The summed E-state index contributed by atoms with van der Waals surface area (Å²) in [5.41, 5.74) is 5.72. The van der Waals surface area contributed by atoms with Gasteiger partial charge in [-0.25, -0.2) is 14.4 Å². The summed E-state index contributed by atoms with van der Waals surface area (Å²) in [4.78, 5) is 119. The van der Waals surface area contributed by atoms with Crippen LogP contribution in [-0.2, 0) is 68.5 Å². The van der Waals surface area contributed by atoms with Crippen molar-refractivity contribution in [2.24, 2.45) is 11.5 Å². The fourth-order valence-electron chi connectivity index (χ4n) is 8.84. The molecule has 0 spiro atoms. The Labute approximate surface area is 366 Å². The fourth-order valence-corrected chi connectivity index (χ4v) is 8.84. The summed E-state index contributed by atoms with van der Waals surface area (Å²) in [6.07, 6.45) is -1.01. The maximum absolute atomic E-state index is 13.9. The van der Waals surface area contributed by atoms with E-state index in [1.54, 1.807) is 0 Å². The molecule has 64 heavy (non-hydrogen) atoms. The molecule has 0 aromatic heterocycles. The van der Waals surface area contributed by atoms with Crippen LogP contribution in [0.25, 0.3) is 10.8 Å². The smallest absolute Gasteiger partial charge is 0.332 e. The molecule has 346 valence electrons. The lowest BCUT2D eigenvalue weighted by molar-refractivity contribution is -0.152. The largest absolute Gasteiger partial charge is 0.468 e. The first kappa shape index (κ1) is 47.2. The molecule has 2 aromatic rings. The Morgan fingerprint density at radius 3 is 1.42 bits per heavy atom. The lowest BCUT2D eigenvalue weighted by Crippen LogP contribution is -2.61. The summed E-state index contributed by atoms with van der Waals surface area (Å²) in [6, 6.07) is 7.71. The summed E-state index contributed by atoms with van der Waals surface area (Å²) in [5.74, 6) is -7.07. The van der Waals surface area contributed by atoms with Crippen LogP contribution in [0.1, 0.15) is 31.2 Å². The summed E-state index contributed by atoms with van der Waals surface area (Å²) >= 11 is 0. The lowest BCUT2D eigenvalue weighted by atomic mass is 9.91. The topological polar surface area (TPSA) is 339 Å². The molecule has 0 bridgehead atoms. The van der Waals surface area contributed by atoms with Crippen molar-refractivity contribution >= 4 is 64.2 Å². The van der Waals surface area contributed by atoms with E-state index in [0.29, 0.717) is 0 Å². The summed E-state index contributed by atoms with van der Waals surface area (Å²) in [5, 5.41) is 24.1. The highest BCUT2D eigenvalue weighted by molar-refractivity contribution is 5.98. The van der Waals surface area contributed by atoms with E-state index in [-0.39, 0.29) is 58.3 Å². The van der Waals surface area contributed by atoms with Gasteiger partial charge < -0.3 is 72.9 Å². The van der Waals surface area contributed by atoms with Crippen molar-refractivity contribution < 1.29 is 62.1 Å². The van der Waals surface area contributed by atoms with Gasteiger partial charge in [0, 0.05) is 58.3 Å². The average molecular weight is 895 g/mol. The van der Waals surface area contributed by atoms with E-state index in [9.17, 15) is 43.2 Å². The van der Waals surface area contributed by atoms with Crippen molar-refractivity contribution in [2.75, 3.05) is 54.6 Å². The van der Waals surface area contributed by atoms with Gasteiger partial charge in [-0.05, 0) is 16.3 Å². The minimum Gasteiger partial charge on any atom is -0.468 e. The monoisotopic (exact) mass is 894 g/mol. The van der Waals surface area contributed by atoms with Crippen LogP contribution < -0.4 is 54.0 Å². The van der Waals surface area contributed by atoms with Gasteiger partial charge in [0.1, 0.15) is 11.6 Å². The Bertz CT molecular complexity index is 2230. The molecule has 4 heterocycles. The van der Waals surface area contributed by atoms with Crippen LogP contribution in [0.15, 0.2) is 42.5 Å². The number of methoxy groups -OCH3 is 4. The van der Waals surface area contributed by atoms with E-state index in [0.717, 1.165) is 37.7 Å². The molecule has 0 radical (unpaired) electrons. The van der Waals surface area contributed by atoms with E-state index in [2.05, 4.69) is 42.5 Å². The van der Waals surface area contributed by atoms with E-state index in [1.165, 1.54) is 7.11 Å². The number of amides is 5. The first-order valence-electron chi connectivity index (χ1n) is 20.5. The molecule has 23 nitrogen and oxygen atoms in total. The standard InChI is InChI=1S/C41H54N10O13/c1-61-34(57)38(43)13-25(44-17-38)31(54)49-40(36(59)63-3)15-27(46-19-40)33(56)51-41(37(60)64-4)16-28(47-20-41)32(55)50-39(35(58)62-2)14-26(45-18-39)30(53)48-24(29(42)52)12-21-9-10-22-7-5-6-8-23(22)11-21/h5-11,24-28,44-47H,12-20,43H2,1-4H3,(H2,42,52)(H,48,53)(H,49,54)(H,50,55)(H,51,56)/t24-,25+,26-,27+,28-,38+,39-,40+,41-/m0/s1. The molecule has 0 saturated carbocycles. The number of rotatable bonds is 15. The predicted octanol–water partition coefficient (Wildman–Crippen LogP) is -5.25. The highest BCUT2D eigenvalue weighted by Crippen LogP contribution is 2.29. The van der Waals surface area contributed by atoms with E-state index >= 15 is 0 Å². The molecule has 0 aliphatic carbocycles. The number of hydrogen-bond donors (Lipinski definition) is 10. The van der Waals surface area contributed by atoms with Crippen LogP contribution in [-0.4, -0.2) is 160 Å². The van der Waals surface area contributed by atoms with Gasteiger partial charge in [-0.2, -0.15) is 0 Å². The summed E-state index contributed by atoms with van der Waals surface area (Å²) < 4.78 is 19.8. The van der Waals surface area contributed by atoms with Gasteiger partial charge >= 0.3 is 23.9 Å². The summed E-state index contributed by atoms with van der Waals surface area (Å²) in [7, 11) is 4.48. The van der Waals surface area contributed by atoms with Gasteiger partial charge in [0.25, 0.3) is 0 Å². The molecule has 9 atom stereocenters. The number of nitrogens with one attached hydrogen (secondary N) is 8. The molecule has 4 aliphatic rings. The van der Waals surface area contributed by atoms with E-state index in [1.807, 2.05) is 42.5 Å². The maximum Gasteiger partial charge on any atom is 0.332 e. The molecular formula is C41H54N10O13. The van der Waals surface area contributed by atoms with Crippen LogP contribution in [0.3, 0.4) is 0 Å². The van der Waals surface area contributed by atoms with Gasteiger partial charge in [-0.15, -0.1) is 0 Å². The number of ether oxygens (including phenoxy) is 4. The van der Waals surface area contributed by atoms with Gasteiger partial charge in [0.2, 0.25) is 29.5 Å². The van der Waals surface area contributed by atoms with Gasteiger partial charge in [-0.3, -0.25) is 28.8 Å². The number of esters is 4. The van der Waals surface area contributed by atoms with E-state index < -0.39 is 106 Å². The van der Waals surface area contributed by atoms with Crippen molar-refractivity contribution in [3.8, 4) is 0 Å². The minimum atomic E-state index is -1.83. The molecule has 2 aromatic carbocycles. The van der Waals surface area contributed by atoms with Gasteiger partial charge in [0.05, 0.1) is 52.6 Å². The average Bonchev–Trinajstić information content (AvgIpc) is 4.12. The minimum absolute atomic E-state index is 0.0697. The normalized spacial score (nSPS) is 30.1. The molecule has 0 unspecified atom stereocenters. The van der Waals surface area contributed by atoms with Crippen LogP contribution in [0.2, 0.25) is 0 Å². The zero-order valence-electron chi connectivity index (χ0n) is 35.8. The first-order chi connectivity index (χ1) is 30.4. The Kier molecular flexibility index (Phi) is 13.9. The molecule has 5 amide bonds. The van der Waals surface area contributed by atoms with Crippen LogP contribution in [0.4, 0.5) is 0 Å². The van der Waals surface area contributed by atoms with E-state index in [4.69, 9.17) is 30.4 Å². The Hall–Kier alpha value is -6.27. The Morgan fingerprint density at radius 2 is 0.984 bits per heavy atom. The second-order valence-electron chi connectivity index (χ2n) is 16.7. The fraction of sp³-hybridized carbons (Fsp3) is 0.537. The van der Waals surface area contributed by atoms with Crippen LogP contribution in [0.5, 0.6) is 0 Å². The second kappa shape index (κ2) is 18.8. The highest BCUT2D eigenvalue weighted by atomic mass is 16.5. The molecule has 12 N–H and O–H groups in total. The number of hydrogen-bond acceptors (Lipinski definition) is 18. The number of carbonyl (C=O) groups is 9. The summed E-state index contributed by atoms with van der Waals surface area (Å²) in [6.45, 7) is -0.878. The number of primary amides is 1. The molecule has 4 saturated heterocycles. The van der Waals surface area contributed by atoms with Crippen molar-refractivity contribution in [3.63, 3.8) is 0 Å². The number of fused-ring (bicyclic) bond motifs is 1. The SMILES string of the molecule is COC(=O)[C@]1(N)CN[C@@H](C(=O)N[C@@]2(C(=O)OC)CN[C@@H](C(=O)N[C@]3(C(=O)OC)CN[C@H](C(=O)N[C@]4(C(=O)OC)CN[C@H](C(=O)N[C@@H](Cc5ccc6ccccc6c5)C(N)=O)C4)C3)C2)C1. The quantitative estimate of drug-likeness (QED) is 0.0590. The Balaban J connectivity index is 1.09. The zero-order valence-corrected chi connectivity index (χ0v) is 35.8. The van der Waals surface area contributed by atoms with Crippen molar-refractivity contribution in [1.82, 2.24) is 42.5 Å². The molecule has 6 rings (SSSR count). The third-order valence-electron chi connectivity index (χ3n) is 12.4. The van der Waals surface area contributed by atoms with Crippen LogP contribution in [0, 0.1) is 0 Å². The van der Waals surface area contributed by atoms with Gasteiger partial charge in [-0.1, -0.05) is 42.5 Å². The number of nitrogens with two attached hydrogens (primary N) is 2. The van der Waals surface area contributed by atoms with Gasteiger partial charge in [0.15, 0.2) is 16.6 Å². The first-order valence-corrected chi connectivity index (χ1v) is 20.5. The molecule has 4 aliphatic heterocycles. The number of carbonyl (C=O) groups excluding carboxylic acids is 9. The zero-order chi connectivity index (χ0) is 46.6. The third-order valence-corrected chi connectivity index (χ3v) is 12.4. The Morgan fingerprint density at radius 1 is 0.578 bits per heavy atom. The molecule has 23 heteroatoms. The van der Waals surface area contributed by atoms with Crippen LogP contribution >= 0.6 is 0 Å². The van der Waals surface area contributed by atoms with Crippen molar-refractivity contribution in [3.05, 3.63) is 48.0 Å².